The summed E-state index contributed by atoms with van der Waals surface area (Å²) in [5, 5.41) is 3.09. The van der Waals surface area contributed by atoms with Crippen LogP contribution in [-0.2, 0) is 14.8 Å². The highest BCUT2D eigenvalue weighted by atomic mass is 35.5. The Kier molecular flexibility index (Phi) is 7.67. The number of ether oxygens (including phenoxy) is 3. The van der Waals surface area contributed by atoms with Crippen molar-refractivity contribution in [2.75, 3.05) is 37.5 Å². The minimum absolute atomic E-state index is 0.0198. The van der Waals surface area contributed by atoms with E-state index in [1.54, 1.807) is 42.5 Å². The van der Waals surface area contributed by atoms with Gasteiger partial charge >= 0.3 is 0 Å². The summed E-state index contributed by atoms with van der Waals surface area (Å²) in [7, 11) is 0.270. The number of para-hydroxylation sites is 2. The van der Waals surface area contributed by atoms with Gasteiger partial charge in [-0.05, 0) is 36.4 Å². The second-order valence-electron chi connectivity index (χ2n) is 6.79. The van der Waals surface area contributed by atoms with E-state index >= 15 is 0 Å². The third kappa shape index (κ3) is 5.68. The van der Waals surface area contributed by atoms with Crippen LogP contribution in [0.25, 0.3) is 0 Å². The van der Waals surface area contributed by atoms with E-state index in [1.807, 2.05) is 0 Å². The highest BCUT2D eigenvalue weighted by Gasteiger charge is 2.29. The number of hydrogen-bond donors (Lipinski definition) is 1. The van der Waals surface area contributed by atoms with Crippen molar-refractivity contribution in [2.24, 2.45) is 0 Å². The number of amides is 1. The van der Waals surface area contributed by atoms with Gasteiger partial charge in [-0.2, -0.15) is 0 Å². The Hall–Kier alpha value is -3.43. The molecular formula is C23H23ClN2O6S. The summed E-state index contributed by atoms with van der Waals surface area (Å²) < 4.78 is 43.8. The van der Waals surface area contributed by atoms with Crippen LogP contribution in [0.15, 0.2) is 71.6 Å². The molecule has 0 fully saturated rings. The first-order valence-corrected chi connectivity index (χ1v) is 11.5. The number of nitrogens with zero attached hydrogens (tertiary/aromatic N) is 1. The summed E-state index contributed by atoms with van der Waals surface area (Å²) in [6.45, 7) is -0.509. The molecule has 0 unspecified atom stereocenters. The number of anilines is 2. The number of halogens is 1. The van der Waals surface area contributed by atoms with E-state index in [-0.39, 0.29) is 10.6 Å². The smallest absolute Gasteiger partial charge is 0.264 e. The van der Waals surface area contributed by atoms with Crippen molar-refractivity contribution in [1.29, 1.82) is 0 Å². The van der Waals surface area contributed by atoms with Crippen LogP contribution in [0.2, 0.25) is 5.02 Å². The van der Waals surface area contributed by atoms with Gasteiger partial charge < -0.3 is 19.5 Å². The average molecular weight is 491 g/mol. The van der Waals surface area contributed by atoms with Gasteiger partial charge in [0.1, 0.15) is 23.8 Å². The van der Waals surface area contributed by atoms with Gasteiger partial charge in [-0.1, -0.05) is 23.7 Å². The molecule has 174 valence electrons. The molecule has 10 heteroatoms. The molecule has 1 N–H and O–H groups in total. The summed E-state index contributed by atoms with van der Waals surface area (Å²) in [6, 6.07) is 17.1. The third-order valence-corrected chi connectivity index (χ3v) is 6.70. The van der Waals surface area contributed by atoms with Crippen molar-refractivity contribution in [2.45, 2.75) is 4.90 Å². The number of rotatable bonds is 9. The summed E-state index contributed by atoms with van der Waals surface area (Å²) >= 11 is 5.92. The zero-order chi connectivity index (χ0) is 24.0. The molecule has 3 aromatic carbocycles. The average Bonchev–Trinajstić information content (AvgIpc) is 2.82. The lowest BCUT2D eigenvalue weighted by Gasteiger charge is -2.25. The minimum atomic E-state index is -4.13. The Morgan fingerprint density at radius 2 is 1.52 bits per heavy atom. The fourth-order valence-electron chi connectivity index (χ4n) is 3.08. The maximum absolute atomic E-state index is 13.5. The second kappa shape index (κ2) is 10.5. The van der Waals surface area contributed by atoms with Crippen molar-refractivity contribution >= 4 is 38.9 Å². The van der Waals surface area contributed by atoms with E-state index in [9.17, 15) is 13.2 Å². The predicted octanol–water partition coefficient (Wildman–Crippen LogP) is 4.20. The fraction of sp³-hybridized carbons (Fsp3) is 0.174. The number of carbonyl (C=O) groups excluding carboxylic acids is 1. The standard InChI is InChI=1S/C23H23ClN2O6S/c1-30-18-12-17(13-19(14-18)31-2)25-23(27)15-26(21-6-4-5-7-22(21)32-3)33(28,29)20-10-8-16(24)9-11-20/h4-14H,15H2,1-3H3,(H,25,27). The van der Waals surface area contributed by atoms with Crippen molar-refractivity contribution in [1.82, 2.24) is 0 Å². The van der Waals surface area contributed by atoms with E-state index in [2.05, 4.69) is 5.32 Å². The first-order chi connectivity index (χ1) is 15.8. The molecule has 0 aliphatic carbocycles. The van der Waals surface area contributed by atoms with E-state index < -0.39 is 22.5 Å². The van der Waals surface area contributed by atoms with Crippen LogP contribution in [0.3, 0.4) is 0 Å². The van der Waals surface area contributed by atoms with Crippen LogP contribution < -0.4 is 23.8 Å². The zero-order valence-corrected chi connectivity index (χ0v) is 19.8. The van der Waals surface area contributed by atoms with E-state index in [0.717, 1.165) is 4.31 Å². The van der Waals surface area contributed by atoms with Crippen LogP contribution in [0.5, 0.6) is 17.2 Å². The van der Waals surface area contributed by atoms with Gasteiger partial charge in [-0.15, -0.1) is 0 Å². The number of carbonyl (C=O) groups is 1. The van der Waals surface area contributed by atoms with E-state index in [0.29, 0.717) is 28.0 Å². The quantitative estimate of drug-likeness (QED) is 0.483. The zero-order valence-electron chi connectivity index (χ0n) is 18.2. The van der Waals surface area contributed by atoms with Gasteiger partial charge in [0.25, 0.3) is 10.0 Å². The van der Waals surface area contributed by atoms with Crippen molar-refractivity contribution in [3.63, 3.8) is 0 Å². The molecule has 1 amide bonds. The van der Waals surface area contributed by atoms with Gasteiger partial charge in [0.15, 0.2) is 0 Å². The molecule has 3 aromatic rings. The molecule has 0 heterocycles. The number of methoxy groups -OCH3 is 3. The molecule has 0 saturated heterocycles. The maximum atomic E-state index is 13.5. The molecule has 3 rings (SSSR count). The van der Waals surface area contributed by atoms with Crippen LogP contribution in [0, 0.1) is 0 Å². The fourth-order valence-corrected chi connectivity index (χ4v) is 4.64. The van der Waals surface area contributed by atoms with Gasteiger partial charge in [0.05, 0.1) is 31.9 Å². The molecule has 8 nitrogen and oxygen atoms in total. The van der Waals surface area contributed by atoms with Crippen LogP contribution >= 0.6 is 11.6 Å². The summed E-state index contributed by atoms with van der Waals surface area (Å²) in [5.74, 6) is 0.666. The van der Waals surface area contributed by atoms with Crippen LogP contribution in [0.1, 0.15) is 0 Å². The Morgan fingerprint density at radius 3 is 2.09 bits per heavy atom. The number of nitrogens with one attached hydrogen (secondary N) is 1. The third-order valence-electron chi connectivity index (χ3n) is 4.68. The molecule has 0 radical (unpaired) electrons. The van der Waals surface area contributed by atoms with Gasteiger partial charge in [-0.3, -0.25) is 9.10 Å². The van der Waals surface area contributed by atoms with Gasteiger partial charge in [0, 0.05) is 28.9 Å². The maximum Gasteiger partial charge on any atom is 0.264 e. The van der Waals surface area contributed by atoms with Crippen LogP contribution in [-0.4, -0.2) is 42.2 Å². The minimum Gasteiger partial charge on any atom is -0.497 e. The first-order valence-electron chi connectivity index (χ1n) is 9.72. The molecule has 0 bridgehead atoms. The summed E-state index contributed by atoms with van der Waals surface area (Å²) in [5.41, 5.74) is 0.605. The molecule has 0 saturated carbocycles. The van der Waals surface area contributed by atoms with Crippen LogP contribution in [0.4, 0.5) is 11.4 Å². The highest BCUT2D eigenvalue weighted by molar-refractivity contribution is 7.92. The first kappa shape index (κ1) is 24.2. The second-order valence-corrected chi connectivity index (χ2v) is 9.09. The monoisotopic (exact) mass is 490 g/mol. The largest absolute Gasteiger partial charge is 0.497 e. The SMILES string of the molecule is COc1cc(NC(=O)CN(c2ccccc2OC)S(=O)(=O)c2ccc(Cl)cc2)cc(OC)c1. The Labute approximate surface area is 197 Å². The molecule has 0 atom stereocenters. The molecular weight excluding hydrogens is 468 g/mol. The van der Waals surface area contributed by atoms with E-state index in [4.69, 9.17) is 25.8 Å². The molecule has 0 aromatic heterocycles. The molecule has 0 aliphatic heterocycles. The number of benzene rings is 3. The molecule has 0 aliphatic rings. The molecule has 33 heavy (non-hydrogen) atoms. The lowest BCUT2D eigenvalue weighted by molar-refractivity contribution is -0.114. The number of hydrogen-bond acceptors (Lipinski definition) is 6. The Balaban J connectivity index is 1.98. The summed E-state index contributed by atoms with van der Waals surface area (Å²) in [6.07, 6.45) is 0. The Bertz CT molecular complexity index is 1210. The number of sulfonamides is 1. The van der Waals surface area contributed by atoms with Gasteiger partial charge in [0.2, 0.25) is 5.91 Å². The Morgan fingerprint density at radius 1 is 0.909 bits per heavy atom. The summed E-state index contributed by atoms with van der Waals surface area (Å²) in [4.78, 5) is 12.9. The molecule has 0 spiro atoms. The van der Waals surface area contributed by atoms with Crippen molar-refractivity contribution < 1.29 is 27.4 Å². The lowest BCUT2D eigenvalue weighted by Crippen LogP contribution is -2.38. The highest BCUT2D eigenvalue weighted by Crippen LogP contribution is 2.33. The lowest BCUT2D eigenvalue weighted by atomic mass is 10.2. The topological polar surface area (TPSA) is 94.2 Å². The van der Waals surface area contributed by atoms with Gasteiger partial charge in [-0.25, -0.2) is 8.42 Å². The van der Waals surface area contributed by atoms with E-state index in [1.165, 1.54) is 45.6 Å². The predicted molar refractivity (Wildman–Crippen MR) is 127 cm³/mol. The van der Waals surface area contributed by atoms with Crippen molar-refractivity contribution in [3.05, 3.63) is 71.8 Å². The normalized spacial score (nSPS) is 10.9. The van der Waals surface area contributed by atoms with Crippen molar-refractivity contribution in [3.8, 4) is 17.2 Å².